The number of aryl methyl sites for hydroxylation is 4. The average molecular weight is 702 g/mol. The van der Waals surface area contributed by atoms with Crippen LogP contribution in [0.1, 0.15) is 129 Å². The third-order valence-electron chi connectivity index (χ3n) is 11.1. The van der Waals surface area contributed by atoms with E-state index in [2.05, 4.69) is 118 Å². The summed E-state index contributed by atoms with van der Waals surface area (Å²) in [6.07, 6.45) is 11.3. The van der Waals surface area contributed by atoms with E-state index in [0.29, 0.717) is 6.42 Å². The zero-order valence-electron chi connectivity index (χ0n) is 31.7. The van der Waals surface area contributed by atoms with Crippen LogP contribution < -0.4 is 10.6 Å². The summed E-state index contributed by atoms with van der Waals surface area (Å²) in [5.74, 6) is 0.455. The van der Waals surface area contributed by atoms with Crippen LogP contribution in [0.5, 0.6) is 0 Å². The molecule has 7 heteroatoms. The van der Waals surface area contributed by atoms with Crippen LogP contribution in [0.4, 0.5) is 0 Å². The molecule has 0 saturated heterocycles. The molecule has 3 atom stereocenters. The Morgan fingerprint density at radius 3 is 2.18 bits per heavy atom. The third-order valence-corrected chi connectivity index (χ3v) is 12.5. The summed E-state index contributed by atoms with van der Waals surface area (Å²) in [7, 11) is 0.890. The molecule has 0 fully saturated rings. The van der Waals surface area contributed by atoms with E-state index in [-0.39, 0.29) is 17.7 Å². The predicted octanol–water partition coefficient (Wildman–Crippen LogP) is 10.3. The van der Waals surface area contributed by atoms with E-state index in [1.807, 2.05) is 0 Å². The fraction of sp³-hybridized carbons (Fsp3) is 0.432. The SMILES string of the molecule is CCc1c(C)c2cc3[nH]c(cc4nc(c(C)c5nc(cc1[nH]2)C(C)=C5)[C@@H](CCC(=O)NCCCCCCPc1ccccc1)[C@@H]4C)c(C)c3CC. The Bertz CT molecular complexity index is 2070. The molecule has 0 saturated carbocycles. The maximum Gasteiger partial charge on any atom is 0.220 e. The Morgan fingerprint density at radius 1 is 0.804 bits per heavy atom. The zero-order chi connectivity index (χ0) is 36.1. The van der Waals surface area contributed by atoms with Gasteiger partial charge in [0.05, 0.1) is 11.4 Å². The number of nitrogens with zero attached hydrogens (tertiary/aromatic N) is 2. The second-order valence-electron chi connectivity index (χ2n) is 14.5. The first-order chi connectivity index (χ1) is 24.7. The van der Waals surface area contributed by atoms with Crippen molar-refractivity contribution in [2.75, 3.05) is 12.7 Å². The molecule has 4 aromatic rings. The highest BCUT2D eigenvalue weighted by molar-refractivity contribution is 7.47. The molecule has 0 spiro atoms. The van der Waals surface area contributed by atoms with E-state index in [1.165, 1.54) is 46.6 Å². The minimum absolute atomic E-state index is 0.138. The van der Waals surface area contributed by atoms with Crippen molar-refractivity contribution in [1.29, 1.82) is 0 Å². The van der Waals surface area contributed by atoms with Crippen molar-refractivity contribution < 1.29 is 4.79 Å². The van der Waals surface area contributed by atoms with Crippen LogP contribution in [0.3, 0.4) is 0 Å². The molecule has 3 N–H and O–H groups in total. The summed E-state index contributed by atoms with van der Waals surface area (Å²) >= 11 is 0. The highest BCUT2D eigenvalue weighted by Gasteiger charge is 2.31. The number of carbonyl (C=O) groups excluding carboxylic acids is 1. The molecule has 2 aliphatic heterocycles. The van der Waals surface area contributed by atoms with Crippen LogP contribution in [0.15, 0.2) is 48.5 Å². The number of aromatic nitrogens is 4. The van der Waals surface area contributed by atoms with Gasteiger partial charge < -0.3 is 15.3 Å². The van der Waals surface area contributed by atoms with Crippen LogP contribution in [-0.2, 0) is 17.6 Å². The first-order valence-electron chi connectivity index (χ1n) is 19.1. The number of benzene rings is 1. The van der Waals surface area contributed by atoms with Gasteiger partial charge in [-0.25, -0.2) is 4.98 Å². The van der Waals surface area contributed by atoms with E-state index in [1.54, 1.807) is 0 Å². The van der Waals surface area contributed by atoms with Crippen LogP contribution in [-0.4, -0.2) is 38.5 Å². The third kappa shape index (κ3) is 8.23. The van der Waals surface area contributed by atoms with Crippen molar-refractivity contribution in [2.24, 2.45) is 0 Å². The van der Waals surface area contributed by atoms with Crippen LogP contribution in [0.2, 0.25) is 0 Å². The molecule has 1 unspecified atom stereocenters. The largest absolute Gasteiger partial charge is 0.356 e. The number of unbranched alkanes of at least 4 members (excludes halogenated alkanes) is 3. The maximum atomic E-state index is 13.1. The number of hydrogen-bond donors (Lipinski definition) is 3. The Labute approximate surface area is 306 Å². The van der Waals surface area contributed by atoms with Gasteiger partial charge in [0, 0.05) is 58.3 Å². The summed E-state index contributed by atoms with van der Waals surface area (Å²) in [4.78, 5) is 31.1. The Balaban J connectivity index is 1.23. The molecule has 3 aromatic heterocycles. The fourth-order valence-corrected chi connectivity index (χ4v) is 9.05. The monoisotopic (exact) mass is 701 g/mol. The van der Waals surface area contributed by atoms with Gasteiger partial charge >= 0.3 is 0 Å². The van der Waals surface area contributed by atoms with Gasteiger partial charge in [-0.2, -0.15) is 0 Å². The van der Waals surface area contributed by atoms with Crippen LogP contribution in [0.25, 0.3) is 33.7 Å². The van der Waals surface area contributed by atoms with E-state index in [4.69, 9.17) is 9.97 Å². The number of H-pyrrole nitrogens is 2. The lowest BCUT2D eigenvalue weighted by Gasteiger charge is -2.17. The van der Waals surface area contributed by atoms with Crippen molar-refractivity contribution in [2.45, 2.75) is 112 Å². The Morgan fingerprint density at radius 2 is 1.47 bits per heavy atom. The van der Waals surface area contributed by atoms with Gasteiger partial charge in [0.15, 0.2) is 0 Å². The number of allylic oxidation sites excluding steroid dienone is 1. The quantitative estimate of drug-likeness (QED) is 0.0958. The minimum Gasteiger partial charge on any atom is -0.356 e. The zero-order valence-corrected chi connectivity index (χ0v) is 32.7. The summed E-state index contributed by atoms with van der Waals surface area (Å²) < 4.78 is 0. The van der Waals surface area contributed by atoms with Crippen molar-refractivity contribution in [1.82, 2.24) is 25.3 Å². The summed E-state index contributed by atoms with van der Waals surface area (Å²) in [6, 6.07) is 17.5. The van der Waals surface area contributed by atoms with Crippen LogP contribution in [0, 0.1) is 20.8 Å². The molecule has 1 aromatic carbocycles. The van der Waals surface area contributed by atoms with Crippen molar-refractivity contribution in [3.8, 4) is 0 Å². The molecule has 2 aliphatic rings. The molecular formula is C44H56N5OP. The van der Waals surface area contributed by atoms with Gasteiger partial charge in [0.25, 0.3) is 0 Å². The smallest absolute Gasteiger partial charge is 0.220 e. The molecular weight excluding hydrogens is 645 g/mol. The molecule has 0 radical (unpaired) electrons. The van der Waals surface area contributed by atoms with Crippen molar-refractivity contribution >= 4 is 53.5 Å². The number of rotatable bonds is 13. The molecule has 5 heterocycles. The van der Waals surface area contributed by atoms with E-state index in [0.717, 1.165) is 103 Å². The van der Waals surface area contributed by atoms with Crippen LogP contribution >= 0.6 is 8.58 Å². The molecule has 6 rings (SSSR count). The molecule has 8 bridgehead atoms. The number of fused-ring (bicyclic) bond motifs is 8. The lowest BCUT2D eigenvalue weighted by Crippen LogP contribution is -2.24. The summed E-state index contributed by atoms with van der Waals surface area (Å²) in [6.45, 7) is 16.2. The second kappa shape index (κ2) is 16.5. The number of aromatic amines is 2. The standard InChI is InChI=1S/C44H56N5OP/c1-8-33-29(5)39-26-42-34(9-2)28(4)38(47-42)25-40-30(6)35(44(49-40)31(7)37-23-27(3)36(46-37)24-41(33)48-39)19-20-43(50)45-21-15-10-11-16-22-51-32-17-13-12-14-18-32/h12-14,17-18,23-26,30,35,47-48,51H,8-11,15-16,19-22H2,1-7H3,(H,45,50)/t30-,35-/m0/s1. The lowest BCUT2D eigenvalue weighted by molar-refractivity contribution is -0.121. The van der Waals surface area contributed by atoms with Gasteiger partial charge in [-0.1, -0.05) is 72.5 Å². The number of amides is 1. The highest BCUT2D eigenvalue weighted by atomic mass is 31.1. The van der Waals surface area contributed by atoms with E-state index < -0.39 is 0 Å². The predicted molar refractivity (Wildman–Crippen MR) is 219 cm³/mol. The molecule has 268 valence electrons. The Hall–Kier alpha value is -4.02. The normalized spacial score (nSPS) is 15.9. The minimum atomic E-state index is 0.138. The highest BCUT2D eigenvalue weighted by Crippen LogP contribution is 2.42. The van der Waals surface area contributed by atoms with Gasteiger partial charge in [-0.15, -0.1) is 0 Å². The molecule has 0 aliphatic carbocycles. The Kier molecular flexibility index (Phi) is 11.9. The van der Waals surface area contributed by atoms with Gasteiger partial charge in [0.1, 0.15) is 0 Å². The summed E-state index contributed by atoms with van der Waals surface area (Å²) in [5.41, 5.74) is 16.1. The summed E-state index contributed by atoms with van der Waals surface area (Å²) in [5, 5.41) is 4.66. The number of carbonyl (C=O) groups is 1. The average Bonchev–Trinajstić information content (AvgIpc) is 3.83. The number of hydrogen-bond acceptors (Lipinski definition) is 3. The molecule has 6 nitrogen and oxygen atoms in total. The second-order valence-corrected chi connectivity index (χ2v) is 15.9. The van der Waals surface area contributed by atoms with E-state index in [9.17, 15) is 4.79 Å². The first-order valence-corrected chi connectivity index (χ1v) is 20.4. The topological polar surface area (TPSA) is 86.5 Å². The maximum absolute atomic E-state index is 13.1. The lowest BCUT2D eigenvalue weighted by atomic mass is 9.85. The first kappa shape index (κ1) is 36.8. The van der Waals surface area contributed by atoms with Gasteiger partial charge in [0.2, 0.25) is 5.91 Å². The van der Waals surface area contributed by atoms with E-state index >= 15 is 0 Å². The fourth-order valence-electron chi connectivity index (χ4n) is 7.91. The molecule has 51 heavy (non-hydrogen) atoms. The van der Waals surface area contributed by atoms with Crippen molar-refractivity contribution in [3.05, 3.63) is 99.1 Å². The molecule has 1 amide bonds. The number of nitrogens with one attached hydrogen (secondary N) is 3. The van der Waals surface area contributed by atoms with Gasteiger partial charge in [-0.3, -0.25) is 9.78 Å². The van der Waals surface area contributed by atoms with Crippen molar-refractivity contribution in [3.63, 3.8) is 0 Å². The van der Waals surface area contributed by atoms with Gasteiger partial charge in [-0.05, 0) is 129 Å².